The van der Waals surface area contributed by atoms with E-state index >= 15 is 0 Å². The first kappa shape index (κ1) is 26.8. The van der Waals surface area contributed by atoms with Crippen LogP contribution < -0.4 is 15.5 Å². The minimum atomic E-state index is -0.187. The summed E-state index contributed by atoms with van der Waals surface area (Å²) in [5, 5.41) is 6.52. The number of morpholine rings is 1. The summed E-state index contributed by atoms with van der Waals surface area (Å²) in [5.74, 6) is -0.110. The molecule has 9 heteroatoms. The first-order chi connectivity index (χ1) is 19.1. The van der Waals surface area contributed by atoms with Gasteiger partial charge in [-0.3, -0.25) is 14.6 Å². The number of aryl methyl sites for hydroxylation is 1. The Hall–Kier alpha value is -3.79. The number of ether oxygens (including phenoxy) is 1. The fourth-order valence-electron chi connectivity index (χ4n) is 4.51. The van der Waals surface area contributed by atoms with E-state index in [0.29, 0.717) is 24.9 Å². The van der Waals surface area contributed by atoms with Gasteiger partial charge >= 0.3 is 6.03 Å². The molecule has 1 aliphatic heterocycles. The molecule has 2 N–H and O–H groups in total. The van der Waals surface area contributed by atoms with Crippen molar-refractivity contribution in [2.24, 2.45) is 0 Å². The van der Waals surface area contributed by atoms with Crippen LogP contribution in [0.5, 0.6) is 0 Å². The maximum absolute atomic E-state index is 13.5. The van der Waals surface area contributed by atoms with Crippen LogP contribution in [0.25, 0.3) is 10.2 Å². The topological polar surface area (TPSA) is 86.8 Å². The summed E-state index contributed by atoms with van der Waals surface area (Å²) < 4.78 is 6.38. The lowest BCUT2D eigenvalue weighted by Gasteiger charge is -2.30. The van der Waals surface area contributed by atoms with Crippen LogP contribution in [-0.4, -0.2) is 61.2 Å². The van der Waals surface area contributed by atoms with E-state index in [2.05, 4.69) is 27.4 Å². The van der Waals surface area contributed by atoms with Crippen LogP contribution in [0.3, 0.4) is 0 Å². The third-order valence-electron chi connectivity index (χ3n) is 6.74. The largest absolute Gasteiger partial charge is 0.379 e. The van der Waals surface area contributed by atoms with Crippen LogP contribution in [-0.2, 0) is 22.4 Å². The van der Waals surface area contributed by atoms with Gasteiger partial charge in [0, 0.05) is 37.6 Å². The molecule has 0 bridgehead atoms. The minimum absolute atomic E-state index is 0.110. The van der Waals surface area contributed by atoms with Crippen molar-refractivity contribution in [1.82, 2.24) is 9.88 Å². The highest BCUT2D eigenvalue weighted by molar-refractivity contribution is 7.22. The number of hydrogen-bond donors (Lipinski definition) is 2. The zero-order valence-corrected chi connectivity index (χ0v) is 22.9. The second-order valence-electron chi connectivity index (χ2n) is 9.47. The van der Waals surface area contributed by atoms with Crippen LogP contribution in [0.1, 0.15) is 18.1 Å². The van der Waals surface area contributed by atoms with Crippen molar-refractivity contribution < 1.29 is 14.3 Å². The molecule has 8 nitrogen and oxygen atoms in total. The number of aromatic nitrogens is 1. The number of carbonyl (C=O) groups excluding carboxylic acids is 2. The predicted octanol–water partition coefficient (Wildman–Crippen LogP) is 5.41. The Morgan fingerprint density at radius 3 is 2.49 bits per heavy atom. The van der Waals surface area contributed by atoms with Gasteiger partial charge in [0.25, 0.3) is 0 Å². The first-order valence-corrected chi connectivity index (χ1v) is 14.1. The molecule has 1 fully saturated rings. The van der Waals surface area contributed by atoms with E-state index in [0.717, 1.165) is 53.2 Å². The average molecular weight is 544 g/mol. The van der Waals surface area contributed by atoms with Crippen molar-refractivity contribution in [3.8, 4) is 0 Å². The van der Waals surface area contributed by atoms with E-state index in [1.807, 2.05) is 72.8 Å². The second kappa shape index (κ2) is 12.8. The van der Waals surface area contributed by atoms with Gasteiger partial charge in [0.05, 0.1) is 29.9 Å². The Morgan fingerprint density at radius 2 is 1.74 bits per heavy atom. The predicted molar refractivity (Wildman–Crippen MR) is 158 cm³/mol. The van der Waals surface area contributed by atoms with E-state index in [1.165, 1.54) is 16.9 Å². The lowest BCUT2D eigenvalue weighted by molar-refractivity contribution is -0.115. The van der Waals surface area contributed by atoms with Gasteiger partial charge in [-0.05, 0) is 47.9 Å². The van der Waals surface area contributed by atoms with Gasteiger partial charge in [-0.15, -0.1) is 0 Å². The number of nitrogens with one attached hydrogen (secondary N) is 2. The van der Waals surface area contributed by atoms with Crippen LogP contribution in [0, 0.1) is 0 Å². The summed E-state index contributed by atoms with van der Waals surface area (Å²) in [7, 11) is 0. The SMILES string of the molecule is CCc1ccc(NC(=O)N(CCN2CCOCC2)c2ccc3nc(NC(=O)Cc4ccccc4)sc3c2)cc1. The van der Waals surface area contributed by atoms with Crippen molar-refractivity contribution in [2.75, 3.05) is 54.9 Å². The second-order valence-corrected chi connectivity index (χ2v) is 10.5. The molecule has 0 atom stereocenters. The zero-order chi connectivity index (χ0) is 27.0. The first-order valence-electron chi connectivity index (χ1n) is 13.3. The zero-order valence-electron chi connectivity index (χ0n) is 22.1. The number of amides is 3. The molecule has 0 aliphatic carbocycles. The molecule has 2 heterocycles. The molecule has 3 amide bonds. The van der Waals surface area contributed by atoms with E-state index in [4.69, 9.17) is 4.74 Å². The number of anilines is 3. The van der Waals surface area contributed by atoms with Gasteiger partial charge in [-0.1, -0.05) is 60.7 Å². The number of rotatable bonds is 9. The van der Waals surface area contributed by atoms with Crippen LogP contribution in [0.15, 0.2) is 72.8 Å². The summed E-state index contributed by atoms with van der Waals surface area (Å²) >= 11 is 1.41. The molecule has 5 rings (SSSR count). The van der Waals surface area contributed by atoms with Crippen molar-refractivity contribution in [3.63, 3.8) is 0 Å². The van der Waals surface area contributed by atoms with Crippen LogP contribution in [0.4, 0.5) is 21.3 Å². The Balaban J connectivity index is 1.32. The molecule has 0 saturated carbocycles. The molecule has 3 aromatic carbocycles. The number of hydrogen-bond acceptors (Lipinski definition) is 6. The third-order valence-corrected chi connectivity index (χ3v) is 7.67. The van der Waals surface area contributed by atoms with Gasteiger partial charge in [-0.2, -0.15) is 0 Å². The Morgan fingerprint density at radius 1 is 0.974 bits per heavy atom. The quantitative estimate of drug-likeness (QED) is 0.295. The summed E-state index contributed by atoms with van der Waals surface area (Å²) in [6.45, 7) is 6.51. The molecular formula is C30H33N5O3S. The standard InChI is InChI=1S/C30H33N5O3S/c1-2-22-8-10-24(11-9-22)31-30(37)35(15-14-34-16-18-38-19-17-34)25-12-13-26-27(21-25)39-29(32-26)33-28(36)20-23-6-4-3-5-7-23/h3-13,21H,2,14-20H2,1H3,(H,31,37)(H,32,33,36). The molecule has 1 saturated heterocycles. The molecule has 0 radical (unpaired) electrons. The number of urea groups is 1. The van der Waals surface area contributed by atoms with E-state index < -0.39 is 0 Å². The lowest BCUT2D eigenvalue weighted by Crippen LogP contribution is -2.44. The van der Waals surface area contributed by atoms with Crippen molar-refractivity contribution in [1.29, 1.82) is 0 Å². The maximum Gasteiger partial charge on any atom is 0.326 e. The van der Waals surface area contributed by atoms with Crippen LogP contribution >= 0.6 is 11.3 Å². The molecule has 39 heavy (non-hydrogen) atoms. The molecule has 202 valence electrons. The number of thiazole rings is 1. The van der Waals surface area contributed by atoms with Gasteiger partial charge in [0.15, 0.2) is 5.13 Å². The molecule has 1 aliphatic rings. The van der Waals surface area contributed by atoms with Crippen molar-refractivity contribution >= 4 is 50.0 Å². The minimum Gasteiger partial charge on any atom is -0.379 e. The van der Waals surface area contributed by atoms with Gasteiger partial charge in [-0.25, -0.2) is 9.78 Å². The fourth-order valence-corrected chi connectivity index (χ4v) is 5.42. The van der Waals surface area contributed by atoms with Gasteiger partial charge < -0.3 is 15.4 Å². The smallest absolute Gasteiger partial charge is 0.326 e. The lowest BCUT2D eigenvalue weighted by atomic mass is 10.1. The van der Waals surface area contributed by atoms with Gasteiger partial charge in [0.1, 0.15) is 0 Å². The molecule has 0 spiro atoms. The van der Waals surface area contributed by atoms with Gasteiger partial charge in [0.2, 0.25) is 5.91 Å². The third kappa shape index (κ3) is 7.20. The molecule has 0 unspecified atom stereocenters. The highest BCUT2D eigenvalue weighted by atomic mass is 32.1. The Labute approximate surface area is 232 Å². The number of fused-ring (bicyclic) bond motifs is 1. The summed E-state index contributed by atoms with van der Waals surface area (Å²) in [6.07, 6.45) is 1.24. The van der Waals surface area contributed by atoms with Crippen LogP contribution in [0.2, 0.25) is 0 Å². The maximum atomic E-state index is 13.5. The number of nitrogens with zero attached hydrogens (tertiary/aromatic N) is 3. The van der Waals surface area contributed by atoms with E-state index in [-0.39, 0.29) is 18.4 Å². The fraction of sp³-hybridized carbons (Fsp3) is 0.300. The van der Waals surface area contributed by atoms with Crippen molar-refractivity contribution in [2.45, 2.75) is 19.8 Å². The monoisotopic (exact) mass is 543 g/mol. The summed E-state index contributed by atoms with van der Waals surface area (Å²) in [4.78, 5) is 34.7. The Kier molecular flexibility index (Phi) is 8.82. The number of carbonyl (C=O) groups is 2. The highest BCUT2D eigenvalue weighted by Gasteiger charge is 2.20. The number of benzene rings is 3. The Bertz CT molecular complexity index is 1400. The normalized spacial score (nSPS) is 13.8. The van der Waals surface area contributed by atoms with E-state index in [9.17, 15) is 9.59 Å². The molecule has 4 aromatic rings. The molecule has 1 aromatic heterocycles. The summed E-state index contributed by atoms with van der Waals surface area (Å²) in [5.41, 5.74) is 4.49. The average Bonchev–Trinajstić information content (AvgIpc) is 3.36. The molecular weight excluding hydrogens is 510 g/mol. The van der Waals surface area contributed by atoms with E-state index in [1.54, 1.807) is 4.90 Å². The van der Waals surface area contributed by atoms with Crippen molar-refractivity contribution in [3.05, 3.63) is 83.9 Å². The summed E-state index contributed by atoms with van der Waals surface area (Å²) in [6, 6.07) is 23.2. The highest BCUT2D eigenvalue weighted by Crippen LogP contribution is 2.30.